The van der Waals surface area contributed by atoms with Crippen LogP contribution in [0.4, 0.5) is 5.69 Å². The number of benzene rings is 2. The van der Waals surface area contributed by atoms with Crippen LogP contribution in [-0.4, -0.2) is 33.3 Å². The molecule has 132 valence electrons. The lowest BCUT2D eigenvalue weighted by Crippen LogP contribution is -2.18. The monoisotopic (exact) mass is 473 g/mol. The summed E-state index contributed by atoms with van der Waals surface area (Å²) in [5.41, 5.74) is 0.647. The van der Waals surface area contributed by atoms with Gasteiger partial charge in [-0.25, -0.2) is 8.42 Å². The molecule has 0 saturated heterocycles. The van der Waals surface area contributed by atoms with Gasteiger partial charge in [-0.1, -0.05) is 6.07 Å². The van der Waals surface area contributed by atoms with Crippen LogP contribution < -0.4 is 14.8 Å². The van der Waals surface area contributed by atoms with Crippen molar-refractivity contribution in [2.75, 3.05) is 24.3 Å². The predicted octanol–water partition coefficient (Wildman–Crippen LogP) is 2.86. The van der Waals surface area contributed by atoms with Crippen molar-refractivity contribution in [2.45, 2.75) is 11.3 Å². The maximum atomic E-state index is 12.5. The van der Waals surface area contributed by atoms with Gasteiger partial charge in [-0.3, -0.25) is 4.79 Å². The molecule has 3 rings (SSSR count). The number of halogens is 1. The summed E-state index contributed by atoms with van der Waals surface area (Å²) in [6.45, 7) is 0.826. The molecular weight excluding hydrogens is 457 g/mol. The number of hydrogen-bond acceptors (Lipinski definition) is 5. The summed E-state index contributed by atoms with van der Waals surface area (Å²) >= 11 is 2.14. The van der Waals surface area contributed by atoms with E-state index in [1.807, 2.05) is 18.2 Å². The van der Waals surface area contributed by atoms with Gasteiger partial charge in [0, 0.05) is 21.7 Å². The van der Waals surface area contributed by atoms with Crippen LogP contribution in [0.2, 0.25) is 0 Å². The Morgan fingerprint density at radius 3 is 2.60 bits per heavy atom. The first-order valence-corrected chi connectivity index (χ1v) is 10.3. The molecule has 0 radical (unpaired) electrons. The fourth-order valence-corrected chi connectivity index (χ4v) is 4.15. The number of rotatable bonds is 5. The second kappa shape index (κ2) is 7.61. The number of nitrogens with one attached hydrogen (secondary N) is 1. The number of fused-ring (bicyclic) bond motifs is 1. The maximum absolute atomic E-state index is 12.5. The van der Waals surface area contributed by atoms with Crippen molar-refractivity contribution in [1.29, 1.82) is 0 Å². The molecule has 0 spiro atoms. The van der Waals surface area contributed by atoms with E-state index in [9.17, 15) is 13.2 Å². The highest BCUT2D eigenvalue weighted by Gasteiger charge is 2.20. The molecule has 0 aliphatic carbocycles. The van der Waals surface area contributed by atoms with Gasteiger partial charge in [-0.15, -0.1) is 0 Å². The van der Waals surface area contributed by atoms with Crippen LogP contribution in [0.3, 0.4) is 0 Å². The first-order chi connectivity index (χ1) is 11.9. The van der Waals surface area contributed by atoms with E-state index in [-0.39, 0.29) is 23.0 Å². The molecule has 0 fully saturated rings. The average Bonchev–Trinajstić information content (AvgIpc) is 2.60. The lowest BCUT2D eigenvalue weighted by atomic mass is 10.3. The summed E-state index contributed by atoms with van der Waals surface area (Å²) in [5, 5.41) is 2.70. The smallest absolute Gasteiger partial charge is 0.225 e. The molecule has 0 aromatic heterocycles. The number of carbonyl (C=O) groups is 1. The molecule has 6 nitrogen and oxygen atoms in total. The van der Waals surface area contributed by atoms with E-state index in [1.54, 1.807) is 12.1 Å². The molecule has 25 heavy (non-hydrogen) atoms. The molecule has 1 amide bonds. The molecule has 8 heteroatoms. The fraction of sp³-hybridized carbons (Fsp3) is 0.235. The summed E-state index contributed by atoms with van der Waals surface area (Å²) in [7, 11) is -3.59. The van der Waals surface area contributed by atoms with Gasteiger partial charge >= 0.3 is 0 Å². The van der Waals surface area contributed by atoms with E-state index < -0.39 is 9.84 Å². The predicted molar refractivity (Wildman–Crippen MR) is 102 cm³/mol. The van der Waals surface area contributed by atoms with E-state index in [1.165, 1.54) is 12.1 Å². The SMILES string of the molecule is O=C(CCS(=O)(=O)c1ccc2c(c1)OCCO2)Nc1cccc(I)c1. The fourth-order valence-electron chi connectivity index (χ4n) is 2.35. The van der Waals surface area contributed by atoms with Gasteiger partial charge in [0.1, 0.15) is 13.2 Å². The summed E-state index contributed by atoms with van der Waals surface area (Å²) < 4.78 is 36.7. The lowest BCUT2D eigenvalue weighted by molar-refractivity contribution is -0.115. The van der Waals surface area contributed by atoms with E-state index >= 15 is 0 Å². The third kappa shape index (κ3) is 4.63. The molecule has 2 aromatic carbocycles. The zero-order valence-electron chi connectivity index (χ0n) is 13.2. The Balaban J connectivity index is 1.64. The minimum atomic E-state index is -3.59. The summed E-state index contributed by atoms with van der Waals surface area (Å²) in [6.07, 6.45) is -0.123. The van der Waals surface area contributed by atoms with E-state index in [2.05, 4.69) is 27.9 Å². The number of ether oxygens (including phenoxy) is 2. The molecule has 1 aliphatic heterocycles. The van der Waals surface area contributed by atoms with Gasteiger partial charge in [-0.05, 0) is 52.9 Å². The van der Waals surface area contributed by atoms with Crippen LogP contribution in [0.25, 0.3) is 0 Å². The first kappa shape index (κ1) is 18.0. The Morgan fingerprint density at radius 2 is 1.84 bits per heavy atom. The summed E-state index contributed by atoms with van der Waals surface area (Å²) in [6, 6.07) is 11.8. The van der Waals surface area contributed by atoms with Crippen LogP contribution >= 0.6 is 22.6 Å². The Morgan fingerprint density at radius 1 is 1.08 bits per heavy atom. The third-order valence-corrected chi connectivity index (χ3v) is 5.96. The Bertz CT molecular complexity index is 898. The van der Waals surface area contributed by atoms with Crippen LogP contribution in [0.1, 0.15) is 6.42 Å². The number of anilines is 1. The van der Waals surface area contributed by atoms with Crippen molar-refractivity contribution in [3.05, 3.63) is 46.0 Å². The van der Waals surface area contributed by atoms with Crippen molar-refractivity contribution in [3.63, 3.8) is 0 Å². The normalized spacial score (nSPS) is 13.3. The summed E-state index contributed by atoms with van der Waals surface area (Å²) in [5.74, 6) is 0.322. The van der Waals surface area contributed by atoms with Crippen LogP contribution in [0.5, 0.6) is 11.5 Å². The van der Waals surface area contributed by atoms with Crippen LogP contribution in [0, 0.1) is 3.57 Å². The summed E-state index contributed by atoms with van der Waals surface area (Å²) in [4.78, 5) is 12.1. The Kier molecular flexibility index (Phi) is 5.48. The van der Waals surface area contributed by atoms with E-state index in [0.717, 1.165) is 3.57 Å². The second-order valence-corrected chi connectivity index (χ2v) is 8.79. The number of sulfone groups is 1. The minimum Gasteiger partial charge on any atom is -0.486 e. The quantitative estimate of drug-likeness (QED) is 0.676. The average molecular weight is 473 g/mol. The second-order valence-electron chi connectivity index (χ2n) is 5.43. The molecule has 1 heterocycles. The zero-order valence-corrected chi connectivity index (χ0v) is 16.2. The first-order valence-electron chi connectivity index (χ1n) is 7.62. The van der Waals surface area contributed by atoms with Gasteiger partial charge in [-0.2, -0.15) is 0 Å². The van der Waals surface area contributed by atoms with E-state index in [0.29, 0.717) is 30.4 Å². The molecular formula is C17H16INO5S. The Hall–Kier alpha value is -1.81. The molecule has 1 N–H and O–H groups in total. The topological polar surface area (TPSA) is 81.7 Å². The molecule has 0 bridgehead atoms. The largest absolute Gasteiger partial charge is 0.486 e. The highest BCUT2D eigenvalue weighted by atomic mass is 127. The molecule has 0 atom stereocenters. The van der Waals surface area contributed by atoms with Gasteiger partial charge in [0.05, 0.1) is 10.6 Å². The van der Waals surface area contributed by atoms with Crippen molar-refractivity contribution in [1.82, 2.24) is 0 Å². The number of carbonyl (C=O) groups excluding carboxylic acids is 1. The van der Waals surface area contributed by atoms with Crippen LogP contribution in [0.15, 0.2) is 47.4 Å². The highest BCUT2D eigenvalue weighted by Crippen LogP contribution is 2.32. The molecule has 0 unspecified atom stereocenters. The Labute approximate surface area is 159 Å². The van der Waals surface area contributed by atoms with Gasteiger partial charge in [0.25, 0.3) is 0 Å². The van der Waals surface area contributed by atoms with Crippen molar-refractivity contribution >= 4 is 44.0 Å². The van der Waals surface area contributed by atoms with Crippen LogP contribution in [-0.2, 0) is 14.6 Å². The van der Waals surface area contributed by atoms with Gasteiger partial charge in [0.2, 0.25) is 5.91 Å². The third-order valence-electron chi connectivity index (χ3n) is 3.58. The van der Waals surface area contributed by atoms with Crippen molar-refractivity contribution in [3.8, 4) is 11.5 Å². The highest BCUT2D eigenvalue weighted by molar-refractivity contribution is 14.1. The van der Waals surface area contributed by atoms with E-state index in [4.69, 9.17) is 9.47 Å². The standard InChI is InChI=1S/C17H16INO5S/c18-12-2-1-3-13(10-12)19-17(20)6-9-25(21,22)14-4-5-15-16(11-14)24-8-7-23-15/h1-5,10-11H,6-9H2,(H,19,20). The van der Waals surface area contributed by atoms with Crippen molar-refractivity contribution < 1.29 is 22.7 Å². The van der Waals surface area contributed by atoms with Gasteiger partial charge < -0.3 is 14.8 Å². The lowest BCUT2D eigenvalue weighted by Gasteiger charge is -2.18. The van der Waals surface area contributed by atoms with Crippen molar-refractivity contribution in [2.24, 2.45) is 0 Å². The zero-order chi connectivity index (χ0) is 17.9. The number of amides is 1. The molecule has 0 saturated carbocycles. The molecule has 1 aliphatic rings. The van der Waals surface area contributed by atoms with Gasteiger partial charge in [0.15, 0.2) is 21.3 Å². The molecule has 2 aromatic rings. The maximum Gasteiger partial charge on any atom is 0.225 e. The minimum absolute atomic E-state index is 0.123. The number of hydrogen-bond donors (Lipinski definition) is 1.